The Balaban J connectivity index is 1.62. The van der Waals surface area contributed by atoms with Crippen molar-refractivity contribution in [2.45, 2.75) is 76.5 Å². The molecule has 4 saturated carbocycles. The summed E-state index contributed by atoms with van der Waals surface area (Å²) in [6, 6.07) is 8.49. The first kappa shape index (κ1) is 24.8. The van der Waals surface area contributed by atoms with Gasteiger partial charge in [-0.05, 0) is 29.5 Å². The van der Waals surface area contributed by atoms with E-state index in [4.69, 9.17) is 14.2 Å². The number of benzene rings is 1. The fraction of sp³-hybridized carbons (Fsp3) is 0.621. The molecule has 2 bridgehead atoms. The Bertz CT molecular complexity index is 1220. The molecule has 37 heavy (non-hydrogen) atoms. The molecule has 8 heteroatoms. The van der Waals surface area contributed by atoms with Crippen LogP contribution < -0.4 is 0 Å². The Morgan fingerprint density at radius 2 is 1.84 bits per heavy atom. The predicted molar refractivity (Wildman–Crippen MR) is 130 cm³/mol. The molecule has 1 heterocycles. The van der Waals surface area contributed by atoms with Crippen molar-refractivity contribution in [2.24, 2.45) is 28.1 Å². The first-order valence-electron chi connectivity index (χ1n) is 13.0. The van der Waals surface area contributed by atoms with E-state index in [0.717, 1.165) is 0 Å². The number of ether oxygens (including phenoxy) is 3. The van der Waals surface area contributed by atoms with Gasteiger partial charge in [-0.1, -0.05) is 45.5 Å². The van der Waals surface area contributed by atoms with Crippen molar-refractivity contribution >= 4 is 17.7 Å². The van der Waals surface area contributed by atoms with Crippen LogP contribution in [0.15, 0.2) is 42.5 Å². The highest BCUT2D eigenvalue weighted by atomic mass is 16.6. The van der Waals surface area contributed by atoms with Crippen molar-refractivity contribution in [3.05, 3.63) is 48.0 Å². The standard InChI is InChI=1S/C29H34O8/c1-15-19(31)13-29(34)23(36-24(33)17-9-7-6-8-10-17)22-26(5)18(20(32)12-28(15,26)25(29,3)4)11-21-27(22,14-35-21)37-16(2)30/h6-10,18-19,21-23,31,34H,1,11-14H2,2-5H3/t18-,19-,21+,22?,23?,26+,27-,28?,29+/m0/s1. The van der Waals surface area contributed by atoms with Gasteiger partial charge in [0.25, 0.3) is 0 Å². The molecular weight excluding hydrogens is 476 g/mol. The lowest BCUT2D eigenvalue weighted by atomic mass is 9.30. The molecule has 1 aromatic carbocycles. The SMILES string of the molecule is C=C1[C@@H](O)C[C@@]2(O)C(OC(=O)c3ccccc3)C3[C@@]4(C)[C@@H](C[C@H]5OC[C@@]35OC(C)=O)C(=O)CC14C2(C)C. The number of ketones is 1. The van der Waals surface area contributed by atoms with Gasteiger partial charge in [-0.3, -0.25) is 9.59 Å². The molecule has 1 aliphatic heterocycles. The van der Waals surface area contributed by atoms with Crippen molar-refractivity contribution < 1.29 is 38.8 Å². The summed E-state index contributed by atoms with van der Waals surface area (Å²) in [4.78, 5) is 39.7. The summed E-state index contributed by atoms with van der Waals surface area (Å²) in [5, 5.41) is 23.9. The molecule has 2 N–H and O–H groups in total. The van der Waals surface area contributed by atoms with Gasteiger partial charge in [-0.2, -0.15) is 0 Å². The number of rotatable bonds is 3. The number of hydrogen-bond acceptors (Lipinski definition) is 8. The molecule has 1 spiro atoms. The monoisotopic (exact) mass is 510 g/mol. The van der Waals surface area contributed by atoms with Crippen LogP contribution in [0.5, 0.6) is 0 Å². The van der Waals surface area contributed by atoms with E-state index in [2.05, 4.69) is 6.58 Å². The highest BCUT2D eigenvalue weighted by molar-refractivity contribution is 5.90. The average Bonchev–Trinajstić information content (AvgIpc) is 3.06. The highest BCUT2D eigenvalue weighted by Crippen LogP contribution is 2.82. The number of aliphatic hydroxyl groups excluding tert-OH is 1. The second-order valence-electron chi connectivity index (χ2n) is 12.4. The van der Waals surface area contributed by atoms with Gasteiger partial charge in [0.05, 0.1) is 24.2 Å². The number of hydrogen-bond donors (Lipinski definition) is 2. The third kappa shape index (κ3) is 2.57. The van der Waals surface area contributed by atoms with Gasteiger partial charge in [0.1, 0.15) is 23.6 Å². The third-order valence-corrected chi connectivity index (χ3v) is 11.1. The largest absolute Gasteiger partial charge is 0.455 e. The van der Waals surface area contributed by atoms with Crippen LogP contribution in [0.1, 0.15) is 57.3 Å². The second kappa shape index (κ2) is 7.30. The molecule has 1 aromatic rings. The van der Waals surface area contributed by atoms with Gasteiger partial charge in [0.2, 0.25) is 0 Å². The summed E-state index contributed by atoms with van der Waals surface area (Å²) in [6.45, 7) is 11.4. The molecular formula is C29H34O8. The lowest BCUT2D eigenvalue weighted by Gasteiger charge is -2.77. The molecule has 1 saturated heterocycles. The number of aliphatic hydroxyl groups is 2. The molecule has 0 aromatic heterocycles. The maximum absolute atomic E-state index is 13.8. The molecule has 6 rings (SSSR count). The van der Waals surface area contributed by atoms with Crippen LogP contribution in [0.25, 0.3) is 0 Å². The molecule has 9 atom stereocenters. The minimum absolute atomic E-state index is 0.000126. The zero-order valence-electron chi connectivity index (χ0n) is 21.7. The van der Waals surface area contributed by atoms with Gasteiger partial charge in [0.15, 0.2) is 5.60 Å². The zero-order valence-corrected chi connectivity index (χ0v) is 21.7. The number of esters is 2. The Kier molecular flexibility index (Phi) is 4.89. The van der Waals surface area contributed by atoms with Crippen LogP contribution in [0.2, 0.25) is 0 Å². The molecule has 198 valence electrons. The van der Waals surface area contributed by atoms with E-state index in [1.54, 1.807) is 30.3 Å². The summed E-state index contributed by atoms with van der Waals surface area (Å²) in [6.07, 6.45) is -2.53. The summed E-state index contributed by atoms with van der Waals surface area (Å²) in [5.74, 6) is -2.41. The molecule has 0 amide bonds. The van der Waals surface area contributed by atoms with Crippen molar-refractivity contribution in [2.75, 3.05) is 6.61 Å². The van der Waals surface area contributed by atoms with E-state index in [-0.39, 0.29) is 25.2 Å². The van der Waals surface area contributed by atoms with E-state index >= 15 is 0 Å². The quantitative estimate of drug-likeness (QED) is 0.471. The Hall–Kier alpha value is -2.55. The van der Waals surface area contributed by atoms with Gasteiger partial charge >= 0.3 is 11.9 Å². The van der Waals surface area contributed by atoms with E-state index in [1.807, 2.05) is 20.8 Å². The topological polar surface area (TPSA) is 119 Å². The maximum Gasteiger partial charge on any atom is 0.338 e. The van der Waals surface area contributed by atoms with Crippen LogP contribution in [0.4, 0.5) is 0 Å². The Morgan fingerprint density at radius 1 is 1.16 bits per heavy atom. The van der Waals surface area contributed by atoms with Gasteiger partial charge < -0.3 is 24.4 Å². The molecule has 5 aliphatic rings. The van der Waals surface area contributed by atoms with Crippen molar-refractivity contribution in [1.82, 2.24) is 0 Å². The summed E-state index contributed by atoms with van der Waals surface area (Å²) in [7, 11) is 0. The minimum atomic E-state index is -1.75. The van der Waals surface area contributed by atoms with Crippen LogP contribution in [-0.2, 0) is 23.8 Å². The summed E-state index contributed by atoms with van der Waals surface area (Å²) in [5.41, 5.74) is -5.08. The second-order valence-corrected chi connectivity index (χ2v) is 12.4. The highest BCUT2D eigenvalue weighted by Gasteiger charge is 2.88. The number of fused-ring (bicyclic) bond motifs is 3. The maximum atomic E-state index is 13.8. The van der Waals surface area contributed by atoms with Gasteiger partial charge in [-0.25, -0.2) is 4.79 Å². The molecule has 4 aliphatic carbocycles. The van der Waals surface area contributed by atoms with Gasteiger partial charge in [0, 0.05) is 36.5 Å². The fourth-order valence-electron chi connectivity index (χ4n) is 9.46. The lowest BCUT2D eigenvalue weighted by Crippen LogP contribution is -2.85. The average molecular weight is 511 g/mol. The molecule has 5 fully saturated rings. The summed E-state index contributed by atoms with van der Waals surface area (Å²) >= 11 is 0. The lowest BCUT2D eigenvalue weighted by molar-refractivity contribution is -0.389. The molecule has 3 unspecified atom stereocenters. The van der Waals surface area contributed by atoms with E-state index in [0.29, 0.717) is 17.6 Å². The Labute approximate surface area is 216 Å². The van der Waals surface area contributed by atoms with Crippen LogP contribution in [0, 0.1) is 28.1 Å². The fourth-order valence-corrected chi connectivity index (χ4v) is 9.46. The normalized spacial score (nSPS) is 46.8. The first-order valence-corrected chi connectivity index (χ1v) is 13.0. The molecule has 0 radical (unpaired) electrons. The summed E-state index contributed by atoms with van der Waals surface area (Å²) < 4.78 is 18.2. The van der Waals surface area contributed by atoms with Crippen molar-refractivity contribution in [3.8, 4) is 0 Å². The van der Waals surface area contributed by atoms with Crippen molar-refractivity contribution in [1.29, 1.82) is 0 Å². The van der Waals surface area contributed by atoms with Gasteiger partial charge in [-0.15, -0.1) is 0 Å². The Morgan fingerprint density at radius 3 is 2.43 bits per heavy atom. The van der Waals surface area contributed by atoms with Crippen LogP contribution in [0.3, 0.4) is 0 Å². The van der Waals surface area contributed by atoms with E-state index < -0.39 is 69.5 Å². The number of carbonyl (C=O) groups is 3. The van der Waals surface area contributed by atoms with Crippen molar-refractivity contribution in [3.63, 3.8) is 0 Å². The van der Waals surface area contributed by atoms with Crippen LogP contribution in [-0.4, -0.2) is 64.1 Å². The smallest absolute Gasteiger partial charge is 0.338 e. The zero-order chi connectivity index (χ0) is 26.8. The predicted octanol–water partition coefficient (Wildman–Crippen LogP) is 2.61. The van der Waals surface area contributed by atoms with E-state index in [9.17, 15) is 24.6 Å². The number of carbonyl (C=O) groups excluding carboxylic acids is 3. The molecule has 8 nitrogen and oxygen atoms in total. The number of Topliss-reactive ketones (excluding diaryl/α,β-unsaturated/α-hetero) is 1. The van der Waals surface area contributed by atoms with Crippen LogP contribution >= 0.6 is 0 Å². The first-order chi connectivity index (χ1) is 17.3. The van der Waals surface area contributed by atoms with E-state index in [1.165, 1.54) is 6.92 Å². The minimum Gasteiger partial charge on any atom is -0.455 e. The third-order valence-electron chi connectivity index (χ3n) is 11.1.